The van der Waals surface area contributed by atoms with E-state index in [1.807, 2.05) is 60.7 Å². The number of hydrogen-bond acceptors (Lipinski definition) is 3. The molecule has 0 bridgehead atoms. The zero-order valence-electron chi connectivity index (χ0n) is 14.5. The second kappa shape index (κ2) is 10.3. The zero-order valence-corrected chi connectivity index (χ0v) is 14.5. The summed E-state index contributed by atoms with van der Waals surface area (Å²) in [5, 5.41) is 8.25. The van der Waals surface area contributed by atoms with Gasteiger partial charge in [0.25, 0.3) is 0 Å². The van der Waals surface area contributed by atoms with Gasteiger partial charge in [-0.15, -0.1) is 0 Å². The molecule has 0 radical (unpaired) electrons. The molecule has 0 unspecified atom stereocenters. The van der Waals surface area contributed by atoms with Gasteiger partial charge in [0, 0.05) is 12.6 Å². The maximum Gasteiger partial charge on any atom is 0.321 e. The first-order chi connectivity index (χ1) is 12.2. The Morgan fingerprint density at radius 3 is 2.24 bits per heavy atom. The van der Waals surface area contributed by atoms with Crippen molar-refractivity contribution in [3.05, 3.63) is 71.8 Å². The summed E-state index contributed by atoms with van der Waals surface area (Å²) in [5.74, 6) is -0.345. The number of nitrogens with one attached hydrogen (secondary N) is 3. The van der Waals surface area contributed by atoms with Gasteiger partial charge < -0.3 is 10.6 Å². The van der Waals surface area contributed by atoms with Crippen molar-refractivity contribution < 1.29 is 9.59 Å². The molecule has 2 rings (SSSR count). The summed E-state index contributed by atoms with van der Waals surface area (Å²) < 4.78 is 0. The highest BCUT2D eigenvalue weighted by Crippen LogP contribution is 2.17. The van der Waals surface area contributed by atoms with Gasteiger partial charge in [-0.05, 0) is 17.5 Å². The largest absolute Gasteiger partial charge is 0.334 e. The molecule has 0 saturated heterocycles. The number of hydrogen-bond donors (Lipinski definition) is 3. The number of amides is 3. The summed E-state index contributed by atoms with van der Waals surface area (Å²) in [4.78, 5) is 23.8. The van der Waals surface area contributed by atoms with E-state index in [4.69, 9.17) is 0 Å². The van der Waals surface area contributed by atoms with E-state index in [1.54, 1.807) is 0 Å². The van der Waals surface area contributed by atoms with Crippen LogP contribution in [0.5, 0.6) is 0 Å². The van der Waals surface area contributed by atoms with Gasteiger partial charge in [0.1, 0.15) is 0 Å². The molecule has 1 atom stereocenters. The highest BCUT2D eigenvalue weighted by atomic mass is 16.2. The maximum atomic E-state index is 12.0. The van der Waals surface area contributed by atoms with E-state index < -0.39 is 6.03 Å². The van der Waals surface area contributed by atoms with Crippen LogP contribution in [-0.2, 0) is 11.3 Å². The molecular formula is C20H25N3O2. The number of benzene rings is 2. The van der Waals surface area contributed by atoms with Crippen molar-refractivity contribution in [1.29, 1.82) is 0 Å². The van der Waals surface area contributed by atoms with Crippen LogP contribution in [0.25, 0.3) is 0 Å². The van der Waals surface area contributed by atoms with Crippen molar-refractivity contribution in [3.63, 3.8) is 0 Å². The van der Waals surface area contributed by atoms with Gasteiger partial charge in [-0.1, -0.05) is 74.0 Å². The fourth-order valence-corrected chi connectivity index (χ4v) is 2.57. The Morgan fingerprint density at radius 1 is 0.960 bits per heavy atom. The van der Waals surface area contributed by atoms with Crippen LogP contribution in [0.1, 0.15) is 36.9 Å². The number of carbonyl (C=O) groups excluding carboxylic acids is 2. The normalized spacial score (nSPS) is 11.6. The van der Waals surface area contributed by atoms with Gasteiger partial charge >= 0.3 is 6.03 Å². The summed E-state index contributed by atoms with van der Waals surface area (Å²) >= 11 is 0. The van der Waals surface area contributed by atoms with Crippen molar-refractivity contribution in [3.8, 4) is 0 Å². The molecule has 0 spiro atoms. The standard InChI is InChI=1S/C20H25N3O2/c1-2-9-18(17-12-7-4-8-13-17)21-15-19(24)23-20(25)22-14-16-10-5-3-6-11-16/h3-8,10-13,18,21H,2,9,14-15H2,1H3,(H2,22,23,24,25)/t18-/m0/s1. The molecule has 0 aromatic heterocycles. The molecule has 0 saturated carbocycles. The van der Waals surface area contributed by atoms with Crippen LogP contribution < -0.4 is 16.0 Å². The minimum absolute atomic E-state index is 0.0956. The minimum atomic E-state index is -0.484. The first kappa shape index (κ1) is 18.7. The molecule has 2 aromatic rings. The lowest BCUT2D eigenvalue weighted by atomic mass is 10.0. The average Bonchev–Trinajstić information content (AvgIpc) is 2.65. The van der Waals surface area contributed by atoms with Crippen molar-refractivity contribution in [1.82, 2.24) is 16.0 Å². The lowest BCUT2D eigenvalue weighted by molar-refractivity contribution is -0.119. The lowest BCUT2D eigenvalue weighted by Crippen LogP contribution is -2.43. The van der Waals surface area contributed by atoms with Gasteiger partial charge in [0.15, 0.2) is 0 Å². The molecule has 0 fully saturated rings. The van der Waals surface area contributed by atoms with E-state index in [-0.39, 0.29) is 18.5 Å². The SMILES string of the molecule is CCC[C@H](NCC(=O)NC(=O)NCc1ccccc1)c1ccccc1. The Hall–Kier alpha value is -2.66. The topological polar surface area (TPSA) is 70.2 Å². The summed E-state index contributed by atoms with van der Waals surface area (Å²) in [6.07, 6.45) is 1.93. The van der Waals surface area contributed by atoms with Crippen molar-refractivity contribution in [2.45, 2.75) is 32.4 Å². The van der Waals surface area contributed by atoms with Crippen molar-refractivity contribution >= 4 is 11.9 Å². The summed E-state index contributed by atoms with van der Waals surface area (Å²) in [6, 6.07) is 19.2. The van der Waals surface area contributed by atoms with Gasteiger partial charge in [0.05, 0.1) is 6.54 Å². The minimum Gasteiger partial charge on any atom is -0.334 e. The quantitative estimate of drug-likeness (QED) is 0.692. The summed E-state index contributed by atoms with van der Waals surface area (Å²) in [7, 11) is 0. The Bertz CT molecular complexity index is 659. The van der Waals surface area contributed by atoms with E-state index in [0.29, 0.717) is 6.54 Å². The highest BCUT2D eigenvalue weighted by Gasteiger charge is 2.13. The predicted molar refractivity (Wildman–Crippen MR) is 98.9 cm³/mol. The third-order valence-electron chi connectivity index (χ3n) is 3.84. The number of imide groups is 1. The molecule has 2 aromatic carbocycles. The molecule has 0 aliphatic rings. The molecule has 132 valence electrons. The second-order valence-electron chi connectivity index (χ2n) is 5.85. The molecule has 0 aliphatic heterocycles. The molecule has 3 N–H and O–H groups in total. The zero-order chi connectivity index (χ0) is 17.9. The molecular weight excluding hydrogens is 314 g/mol. The van der Waals surface area contributed by atoms with Gasteiger partial charge in [-0.25, -0.2) is 4.79 Å². The van der Waals surface area contributed by atoms with Gasteiger partial charge in [-0.2, -0.15) is 0 Å². The third-order valence-corrected chi connectivity index (χ3v) is 3.84. The van der Waals surface area contributed by atoms with E-state index in [1.165, 1.54) is 0 Å². The Labute approximate surface area is 148 Å². The molecule has 5 nitrogen and oxygen atoms in total. The van der Waals surface area contributed by atoms with Gasteiger partial charge in [-0.3, -0.25) is 10.1 Å². The summed E-state index contributed by atoms with van der Waals surface area (Å²) in [6.45, 7) is 2.59. The van der Waals surface area contributed by atoms with Crippen molar-refractivity contribution in [2.24, 2.45) is 0 Å². The summed E-state index contributed by atoms with van der Waals surface area (Å²) in [5.41, 5.74) is 2.13. The van der Waals surface area contributed by atoms with Crippen LogP contribution in [0.4, 0.5) is 4.79 Å². The average molecular weight is 339 g/mol. The van der Waals surface area contributed by atoms with E-state index in [2.05, 4.69) is 22.9 Å². The molecule has 0 aliphatic carbocycles. The predicted octanol–water partition coefficient (Wildman–Crippen LogP) is 3.14. The number of rotatable bonds is 8. The van der Waals surface area contributed by atoms with Gasteiger partial charge in [0.2, 0.25) is 5.91 Å². The van der Waals surface area contributed by atoms with Crippen molar-refractivity contribution in [2.75, 3.05) is 6.54 Å². The fraction of sp³-hybridized carbons (Fsp3) is 0.300. The van der Waals surface area contributed by atoms with E-state index >= 15 is 0 Å². The Morgan fingerprint density at radius 2 is 1.60 bits per heavy atom. The smallest absolute Gasteiger partial charge is 0.321 e. The molecule has 25 heavy (non-hydrogen) atoms. The number of carbonyl (C=O) groups is 2. The van der Waals surface area contributed by atoms with E-state index in [9.17, 15) is 9.59 Å². The highest BCUT2D eigenvalue weighted by molar-refractivity contribution is 5.95. The second-order valence-corrected chi connectivity index (χ2v) is 5.85. The van der Waals surface area contributed by atoms with Crippen LogP contribution in [0.3, 0.4) is 0 Å². The van der Waals surface area contributed by atoms with Crippen LogP contribution in [0, 0.1) is 0 Å². The third kappa shape index (κ3) is 6.77. The van der Waals surface area contributed by atoms with E-state index in [0.717, 1.165) is 24.0 Å². The first-order valence-corrected chi connectivity index (χ1v) is 8.59. The Balaban J connectivity index is 1.75. The first-order valence-electron chi connectivity index (χ1n) is 8.59. The molecule has 0 heterocycles. The number of urea groups is 1. The van der Waals surface area contributed by atoms with Crippen LogP contribution in [0.2, 0.25) is 0 Å². The maximum absolute atomic E-state index is 12.0. The monoisotopic (exact) mass is 339 g/mol. The molecule has 5 heteroatoms. The van der Waals surface area contributed by atoms with Crippen LogP contribution in [0.15, 0.2) is 60.7 Å². The van der Waals surface area contributed by atoms with Crippen LogP contribution >= 0.6 is 0 Å². The fourth-order valence-electron chi connectivity index (χ4n) is 2.57. The van der Waals surface area contributed by atoms with Crippen LogP contribution in [-0.4, -0.2) is 18.5 Å². The Kier molecular flexibility index (Phi) is 7.66. The molecule has 3 amide bonds. The lowest BCUT2D eigenvalue weighted by Gasteiger charge is -2.18.